The van der Waals surface area contributed by atoms with Crippen molar-refractivity contribution >= 4 is 10.3 Å². The van der Waals surface area contributed by atoms with Crippen LogP contribution in [0.15, 0.2) is 0 Å². The molecule has 1 atom stereocenters. The Kier molecular flexibility index (Phi) is 1.74. The van der Waals surface area contributed by atoms with Crippen LogP contribution in [0.1, 0.15) is 13.3 Å². The van der Waals surface area contributed by atoms with E-state index < -0.39 is 10.3 Å². The van der Waals surface area contributed by atoms with Crippen molar-refractivity contribution in [2.75, 3.05) is 6.61 Å². The highest BCUT2D eigenvalue weighted by Crippen LogP contribution is 2.05. The van der Waals surface area contributed by atoms with Crippen molar-refractivity contribution in [2.45, 2.75) is 19.4 Å². The van der Waals surface area contributed by atoms with Crippen LogP contribution in [0.4, 0.5) is 0 Å². The number of nitrogens with one attached hydrogen (secondary N) is 1. The molecule has 0 aliphatic carbocycles. The Labute approximate surface area is 54.5 Å². The summed E-state index contributed by atoms with van der Waals surface area (Å²) >= 11 is 0. The van der Waals surface area contributed by atoms with E-state index in [9.17, 15) is 8.42 Å². The van der Waals surface area contributed by atoms with Crippen LogP contribution >= 0.6 is 0 Å². The van der Waals surface area contributed by atoms with Crippen LogP contribution < -0.4 is 4.72 Å². The van der Waals surface area contributed by atoms with E-state index in [-0.39, 0.29) is 12.6 Å². The first-order valence-corrected chi connectivity index (χ1v) is 4.21. The van der Waals surface area contributed by atoms with Crippen molar-refractivity contribution in [3.8, 4) is 0 Å². The largest absolute Gasteiger partial charge is 0.336 e. The molecule has 1 heterocycles. The second-order valence-electron chi connectivity index (χ2n) is 1.96. The van der Waals surface area contributed by atoms with Gasteiger partial charge in [-0.05, 0) is 6.42 Å². The topological polar surface area (TPSA) is 55.4 Å². The van der Waals surface area contributed by atoms with Gasteiger partial charge in [0.2, 0.25) is 0 Å². The third-order valence-electron chi connectivity index (χ3n) is 1.23. The van der Waals surface area contributed by atoms with Crippen LogP contribution in [-0.2, 0) is 14.5 Å². The van der Waals surface area contributed by atoms with Crippen LogP contribution in [0.5, 0.6) is 0 Å². The molecule has 1 aliphatic heterocycles. The highest BCUT2D eigenvalue weighted by Gasteiger charge is 2.25. The molecule has 0 saturated carbocycles. The molecule has 0 aromatic carbocycles. The standard InChI is InChI=1S/C4H9NO3S/c1-2-4-3-8-9(6,7)5-4/h4-5H,2-3H2,1H3. The molecule has 0 aromatic heterocycles. The first kappa shape index (κ1) is 6.98. The maximum Gasteiger partial charge on any atom is 0.336 e. The van der Waals surface area contributed by atoms with Gasteiger partial charge in [0.25, 0.3) is 0 Å². The average molecular weight is 151 g/mol. The van der Waals surface area contributed by atoms with Crippen molar-refractivity contribution in [2.24, 2.45) is 0 Å². The molecule has 5 heteroatoms. The first-order chi connectivity index (χ1) is 4.14. The van der Waals surface area contributed by atoms with Gasteiger partial charge in [-0.3, -0.25) is 4.18 Å². The highest BCUT2D eigenvalue weighted by atomic mass is 32.2. The Morgan fingerprint density at radius 2 is 2.44 bits per heavy atom. The Hall–Kier alpha value is -0.130. The molecule has 54 valence electrons. The minimum absolute atomic E-state index is 0.0185. The Morgan fingerprint density at radius 3 is 2.67 bits per heavy atom. The molecule has 0 radical (unpaired) electrons. The highest BCUT2D eigenvalue weighted by molar-refractivity contribution is 7.84. The van der Waals surface area contributed by atoms with Gasteiger partial charge in [-0.2, -0.15) is 13.1 Å². The molecule has 1 saturated heterocycles. The number of hydrogen-bond acceptors (Lipinski definition) is 3. The quantitative estimate of drug-likeness (QED) is 0.556. The van der Waals surface area contributed by atoms with Crippen molar-refractivity contribution < 1.29 is 12.6 Å². The lowest BCUT2D eigenvalue weighted by Crippen LogP contribution is -2.25. The van der Waals surface area contributed by atoms with Crippen LogP contribution in [0, 0.1) is 0 Å². The predicted molar refractivity (Wildman–Crippen MR) is 32.1 cm³/mol. The van der Waals surface area contributed by atoms with Crippen molar-refractivity contribution in [3.05, 3.63) is 0 Å². The summed E-state index contributed by atoms with van der Waals surface area (Å²) in [6.45, 7) is 2.18. The second-order valence-corrected chi connectivity index (χ2v) is 3.34. The molecule has 1 aliphatic rings. The number of hydrogen-bond donors (Lipinski definition) is 1. The maximum atomic E-state index is 10.5. The van der Waals surface area contributed by atoms with Crippen LogP contribution in [0.2, 0.25) is 0 Å². The van der Waals surface area contributed by atoms with E-state index in [1.54, 1.807) is 0 Å². The van der Waals surface area contributed by atoms with Gasteiger partial charge in [-0.25, -0.2) is 0 Å². The van der Waals surface area contributed by atoms with E-state index in [2.05, 4.69) is 8.91 Å². The normalized spacial score (nSPS) is 32.8. The molecule has 1 N–H and O–H groups in total. The van der Waals surface area contributed by atoms with Gasteiger partial charge in [-0.15, -0.1) is 0 Å². The van der Waals surface area contributed by atoms with Crippen molar-refractivity contribution in [3.63, 3.8) is 0 Å². The first-order valence-electron chi connectivity index (χ1n) is 2.81. The fourth-order valence-corrected chi connectivity index (χ4v) is 1.70. The zero-order chi connectivity index (χ0) is 6.91. The fourth-order valence-electron chi connectivity index (χ4n) is 0.645. The molecule has 4 nitrogen and oxygen atoms in total. The van der Waals surface area contributed by atoms with E-state index in [4.69, 9.17) is 0 Å². The minimum Gasteiger partial charge on any atom is -0.256 e. The van der Waals surface area contributed by atoms with Gasteiger partial charge >= 0.3 is 10.3 Å². The van der Waals surface area contributed by atoms with Gasteiger partial charge in [0.15, 0.2) is 0 Å². The van der Waals surface area contributed by atoms with E-state index in [1.807, 2.05) is 6.92 Å². The molecule has 9 heavy (non-hydrogen) atoms. The van der Waals surface area contributed by atoms with E-state index >= 15 is 0 Å². The van der Waals surface area contributed by atoms with E-state index in [1.165, 1.54) is 0 Å². The fraction of sp³-hybridized carbons (Fsp3) is 1.00. The predicted octanol–water partition coefficient (Wildman–Crippen LogP) is -0.370. The molecular weight excluding hydrogens is 142 g/mol. The van der Waals surface area contributed by atoms with Gasteiger partial charge in [0.05, 0.1) is 6.61 Å². The molecule has 1 unspecified atom stereocenters. The second kappa shape index (κ2) is 2.24. The summed E-state index contributed by atoms with van der Waals surface area (Å²) < 4.78 is 27.7. The molecule has 0 aromatic rings. The van der Waals surface area contributed by atoms with Gasteiger partial charge in [0, 0.05) is 6.04 Å². The number of rotatable bonds is 1. The molecule has 0 bridgehead atoms. The lowest BCUT2D eigenvalue weighted by Gasteiger charge is -1.97. The third-order valence-corrected chi connectivity index (χ3v) is 2.30. The van der Waals surface area contributed by atoms with Crippen LogP contribution in [0.25, 0.3) is 0 Å². The van der Waals surface area contributed by atoms with E-state index in [0.29, 0.717) is 0 Å². The molecule has 1 fully saturated rings. The Morgan fingerprint density at radius 1 is 1.78 bits per heavy atom. The third kappa shape index (κ3) is 1.64. The molecular formula is C4H9NO3S. The summed E-state index contributed by atoms with van der Waals surface area (Å²) in [6.07, 6.45) is 0.777. The summed E-state index contributed by atoms with van der Waals surface area (Å²) in [6, 6.07) is -0.0185. The van der Waals surface area contributed by atoms with Crippen molar-refractivity contribution in [1.82, 2.24) is 4.72 Å². The summed E-state index contributed by atoms with van der Waals surface area (Å²) in [5.74, 6) is 0. The summed E-state index contributed by atoms with van der Waals surface area (Å²) in [4.78, 5) is 0. The van der Waals surface area contributed by atoms with Gasteiger partial charge in [-0.1, -0.05) is 6.92 Å². The van der Waals surface area contributed by atoms with Gasteiger partial charge in [0.1, 0.15) is 0 Å². The maximum absolute atomic E-state index is 10.5. The lowest BCUT2D eigenvalue weighted by molar-refractivity contribution is 0.334. The van der Waals surface area contributed by atoms with Gasteiger partial charge < -0.3 is 0 Å². The van der Waals surface area contributed by atoms with Crippen molar-refractivity contribution in [1.29, 1.82) is 0 Å². The minimum atomic E-state index is -3.36. The lowest BCUT2D eigenvalue weighted by atomic mass is 10.3. The summed E-state index contributed by atoms with van der Waals surface area (Å²) in [5, 5.41) is 0. The zero-order valence-corrected chi connectivity index (χ0v) is 5.94. The SMILES string of the molecule is CCC1COS(=O)(=O)N1. The smallest absolute Gasteiger partial charge is 0.256 e. The van der Waals surface area contributed by atoms with E-state index in [0.717, 1.165) is 6.42 Å². The molecule has 0 amide bonds. The zero-order valence-electron chi connectivity index (χ0n) is 5.12. The molecule has 1 rings (SSSR count). The Balaban J connectivity index is 2.58. The molecule has 0 spiro atoms. The Bertz CT molecular complexity index is 186. The summed E-state index contributed by atoms with van der Waals surface area (Å²) in [7, 11) is -3.36. The average Bonchev–Trinajstić information content (AvgIpc) is 2.10. The van der Waals surface area contributed by atoms with Crippen LogP contribution in [0.3, 0.4) is 0 Å². The monoisotopic (exact) mass is 151 g/mol. The van der Waals surface area contributed by atoms with Crippen LogP contribution in [-0.4, -0.2) is 21.1 Å². The summed E-state index contributed by atoms with van der Waals surface area (Å²) in [5.41, 5.74) is 0.